The maximum absolute atomic E-state index is 2.32. The average molecular weight is 551 g/mol. The van der Waals surface area contributed by atoms with E-state index in [0.717, 1.165) is 0 Å². The third kappa shape index (κ3) is 11.1. The Balaban J connectivity index is 0.000000565. The zero-order valence-corrected chi connectivity index (χ0v) is 28.5. The Kier molecular flexibility index (Phi) is 13.5. The molecule has 0 N–H and O–H groups in total. The maximum Gasteiger partial charge on any atom is 0.183 e. The molecule has 0 aliphatic rings. The van der Waals surface area contributed by atoms with Gasteiger partial charge in [0, 0.05) is 63.1 Å². The van der Waals surface area contributed by atoms with Crippen molar-refractivity contribution < 1.29 is 13.7 Å². The molecule has 224 valence electrons. The molecule has 0 amide bonds. The van der Waals surface area contributed by atoms with E-state index in [-0.39, 0.29) is 23.7 Å². The van der Waals surface area contributed by atoms with Crippen LogP contribution in [0.4, 0.5) is 0 Å². The summed E-state index contributed by atoms with van der Waals surface area (Å²) < 4.78 is 6.56. The second kappa shape index (κ2) is 14.4. The molecule has 0 atom stereocenters. The normalized spacial score (nSPS) is 11.7. The first-order valence-corrected chi connectivity index (χ1v) is 14.5. The zero-order chi connectivity index (χ0) is 30.5. The molecule has 3 heteroatoms. The SMILES string of the molecule is C.CC(C)c1cc(C(C)(C)C)cc[n+]1C.Cc1cc(C(C)(C)C)cc(C)[n+]1C.Cc1cc(C(C)(C)C)cc[n+]1C. The quantitative estimate of drug-likeness (QED) is 0.271. The molecule has 0 saturated carbocycles. The standard InChI is InChI=1S/C13H22N.C12H20N.C11H18N.CH4/c1-10(2)12-9-11(13(3,4)5)7-8-14(12)6;1-9-7-11(12(3,4)5)8-10(2)13(9)6;1-9-8-10(11(2,3)4)6-7-12(9)5;/h7-10H,1-6H3;7-8H,1-6H3;6-8H,1-5H3;1H4/q3*+1;. The molecule has 3 heterocycles. The van der Waals surface area contributed by atoms with E-state index in [1.54, 1.807) is 0 Å². The first-order chi connectivity index (χ1) is 17.6. The lowest BCUT2D eigenvalue weighted by Crippen LogP contribution is -2.36. The second-order valence-corrected chi connectivity index (χ2v) is 14.6. The smallest absolute Gasteiger partial charge is 0.183 e. The minimum absolute atomic E-state index is 0. The summed E-state index contributed by atoms with van der Waals surface area (Å²) in [5.74, 6) is 0.585. The highest BCUT2D eigenvalue weighted by atomic mass is 14.9. The molecule has 0 fully saturated rings. The second-order valence-electron chi connectivity index (χ2n) is 14.6. The van der Waals surface area contributed by atoms with Gasteiger partial charge in [-0.15, -0.1) is 0 Å². The summed E-state index contributed by atoms with van der Waals surface area (Å²) in [7, 11) is 6.29. The Hall–Kier alpha value is -2.55. The Bertz CT molecular complexity index is 1210. The van der Waals surface area contributed by atoms with E-state index in [0.29, 0.717) is 5.92 Å². The van der Waals surface area contributed by atoms with E-state index < -0.39 is 0 Å². The summed E-state index contributed by atoms with van der Waals surface area (Å²) >= 11 is 0. The molecule has 0 unspecified atom stereocenters. The molecule has 3 aromatic rings. The lowest BCUT2D eigenvalue weighted by molar-refractivity contribution is -0.683. The largest absolute Gasteiger partial charge is 0.205 e. The van der Waals surface area contributed by atoms with Crippen LogP contribution < -0.4 is 13.7 Å². The van der Waals surface area contributed by atoms with Crippen LogP contribution in [-0.2, 0) is 37.4 Å². The van der Waals surface area contributed by atoms with Gasteiger partial charge in [0.15, 0.2) is 35.2 Å². The Morgan fingerprint density at radius 1 is 0.525 bits per heavy atom. The van der Waals surface area contributed by atoms with Gasteiger partial charge in [-0.2, -0.15) is 0 Å². The van der Waals surface area contributed by atoms with Crippen molar-refractivity contribution in [1.29, 1.82) is 0 Å². The fourth-order valence-electron chi connectivity index (χ4n) is 4.18. The Labute approximate surface area is 249 Å². The molecule has 0 spiro atoms. The van der Waals surface area contributed by atoms with E-state index in [9.17, 15) is 0 Å². The molecule has 0 bridgehead atoms. The van der Waals surface area contributed by atoms with Crippen molar-refractivity contribution in [2.75, 3.05) is 0 Å². The number of pyridine rings is 3. The van der Waals surface area contributed by atoms with Crippen LogP contribution in [-0.4, -0.2) is 0 Å². The maximum atomic E-state index is 2.32. The van der Waals surface area contributed by atoms with E-state index in [1.807, 2.05) is 0 Å². The molecular weight excluding hydrogens is 486 g/mol. The Morgan fingerprint density at radius 3 is 1.23 bits per heavy atom. The summed E-state index contributed by atoms with van der Waals surface area (Å²) in [6.45, 7) is 31.2. The van der Waals surface area contributed by atoms with E-state index >= 15 is 0 Å². The topological polar surface area (TPSA) is 11.6 Å². The minimum Gasteiger partial charge on any atom is -0.205 e. The van der Waals surface area contributed by atoms with Gasteiger partial charge in [-0.05, 0) is 32.9 Å². The van der Waals surface area contributed by atoms with Crippen molar-refractivity contribution in [3.63, 3.8) is 0 Å². The highest BCUT2D eigenvalue weighted by Gasteiger charge is 2.20. The van der Waals surface area contributed by atoms with Crippen molar-refractivity contribution >= 4 is 0 Å². The molecule has 3 nitrogen and oxygen atoms in total. The first-order valence-electron chi connectivity index (χ1n) is 14.5. The average Bonchev–Trinajstić information content (AvgIpc) is 2.77. The number of hydrogen-bond donors (Lipinski definition) is 0. The fourth-order valence-corrected chi connectivity index (χ4v) is 4.18. The van der Waals surface area contributed by atoms with Gasteiger partial charge in [0.1, 0.15) is 21.1 Å². The molecule has 3 aromatic heterocycles. The summed E-state index contributed by atoms with van der Waals surface area (Å²) in [6.07, 6.45) is 4.28. The van der Waals surface area contributed by atoms with Crippen molar-refractivity contribution in [2.24, 2.45) is 21.1 Å². The van der Waals surface area contributed by atoms with Gasteiger partial charge in [-0.25, -0.2) is 13.7 Å². The number of rotatable bonds is 1. The van der Waals surface area contributed by atoms with Crippen LogP contribution in [0.2, 0.25) is 0 Å². The van der Waals surface area contributed by atoms with Crippen LogP contribution in [0.15, 0.2) is 48.8 Å². The van der Waals surface area contributed by atoms with Crippen LogP contribution >= 0.6 is 0 Å². The first kappa shape index (κ1) is 37.5. The molecular formula is C37H64N3+3. The summed E-state index contributed by atoms with van der Waals surface area (Å²) in [6, 6.07) is 13.5. The zero-order valence-electron chi connectivity index (χ0n) is 28.5. The van der Waals surface area contributed by atoms with Crippen molar-refractivity contribution in [2.45, 2.75) is 127 Å². The number of aromatic nitrogens is 3. The van der Waals surface area contributed by atoms with E-state index in [1.165, 1.54) is 39.5 Å². The van der Waals surface area contributed by atoms with Gasteiger partial charge in [0.2, 0.25) is 0 Å². The van der Waals surface area contributed by atoms with E-state index in [2.05, 4.69) is 181 Å². The lowest BCUT2D eigenvalue weighted by Gasteiger charge is -2.19. The highest BCUT2D eigenvalue weighted by molar-refractivity contribution is 5.24. The monoisotopic (exact) mass is 551 g/mol. The summed E-state index contributed by atoms with van der Waals surface area (Å²) in [5, 5.41) is 0. The van der Waals surface area contributed by atoms with Crippen LogP contribution in [0.5, 0.6) is 0 Å². The van der Waals surface area contributed by atoms with Gasteiger partial charge >= 0.3 is 0 Å². The van der Waals surface area contributed by atoms with Gasteiger partial charge in [-0.1, -0.05) is 83.6 Å². The summed E-state index contributed by atoms with van der Waals surface area (Å²) in [4.78, 5) is 0. The predicted octanol–water partition coefficient (Wildman–Crippen LogP) is 8.11. The minimum atomic E-state index is 0. The molecule has 0 aliphatic heterocycles. The van der Waals surface area contributed by atoms with Crippen LogP contribution in [0.1, 0.15) is 129 Å². The van der Waals surface area contributed by atoms with Crippen LogP contribution in [0.3, 0.4) is 0 Å². The third-order valence-electron chi connectivity index (χ3n) is 7.56. The Morgan fingerprint density at radius 2 is 0.875 bits per heavy atom. The molecule has 0 saturated heterocycles. The number of aryl methyl sites for hydroxylation is 5. The predicted molar refractivity (Wildman–Crippen MR) is 174 cm³/mol. The molecule has 40 heavy (non-hydrogen) atoms. The van der Waals surface area contributed by atoms with Gasteiger partial charge in [-0.3, -0.25) is 0 Å². The van der Waals surface area contributed by atoms with Crippen molar-refractivity contribution in [3.05, 3.63) is 88.3 Å². The van der Waals surface area contributed by atoms with Crippen LogP contribution in [0, 0.1) is 20.8 Å². The molecule has 3 rings (SSSR count). The van der Waals surface area contributed by atoms with Gasteiger partial charge < -0.3 is 0 Å². The molecule has 0 radical (unpaired) electrons. The van der Waals surface area contributed by atoms with Gasteiger partial charge in [0.05, 0.1) is 0 Å². The third-order valence-corrected chi connectivity index (χ3v) is 7.56. The van der Waals surface area contributed by atoms with Gasteiger partial charge in [0.25, 0.3) is 0 Å². The number of nitrogens with zero attached hydrogens (tertiary/aromatic N) is 3. The number of hydrogen-bond acceptors (Lipinski definition) is 0. The van der Waals surface area contributed by atoms with Crippen LogP contribution in [0.25, 0.3) is 0 Å². The van der Waals surface area contributed by atoms with E-state index in [4.69, 9.17) is 0 Å². The van der Waals surface area contributed by atoms with Crippen molar-refractivity contribution in [1.82, 2.24) is 0 Å². The summed E-state index contributed by atoms with van der Waals surface area (Å²) in [5.41, 5.74) is 10.4. The molecule has 0 aromatic carbocycles. The lowest BCUT2D eigenvalue weighted by atomic mass is 9.86. The highest BCUT2D eigenvalue weighted by Crippen LogP contribution is 2.24. The molecule has 0 aliphatic carbocycles. The van der Waals surface area contributed by atoms with Crippen molar-refractivity contribution in [3.8, 4) is 0 Å². The fraction of sp³-hybridized carbons (Fsp3) is 0.595.